The van der Waals surface area contributed by atoms with Gasteiger partial charge in [-0.2, -0.15) is 13.2 Å². The molecule has 1 saturated carbocycles. The van der Waals surface area contributed by atoms with Crippen molar-refractivity contribution in [1.29, 1.82) is 0 Å². The maximum absolute atomic E-state index is 12.1. The van der Waals surface area contributed by atoms with E-state index >= 15 is 0 Å². The van der Waals surface area contributed by atoms with Crippen LogP contribution in [0.5, 0.6) is 0 Å². The highest BCUT2D eigenvalue weighted by molar-refractivity contribution is 5.87. The highest BCUT2D eigenvalue weighted by atomic mass is 19.4. The lowest BCUT2D eigenvalue weighted by Gasteiger charge is -2.16. The SMILES string of the molecule is CCC(=O)C1(C(F)(F)F)CC1. The van der Waals surface area contributed by atoms with Gasteiger partial charge in [0.05, 0.1) is 0 Å². The zero-order valence-electron chi connectivity index (χ0n) is 6.16. The number of Topliss-reactive ketones (excluding diaryl/α,β-unsaturated/α-hetero) is 1. The van der Waals surface area contributed by atoms with Crippen LogP contribution >= 0.6 is 0 Å². The molecule has 0 amide bonds. The first-order chi connectivity index (χ1) is 4.94. The molecule has 0 saturated heterocycles. The van der Waals surface area contributed by atoms with Crippen molar-refractivity contribution in [2.24, 2.45) is 5.41 Å². The molecule has 0 atom stereocenters. The molecule has 1 nitrogen and oxygen atoms in total. The quantitative estimate of drug-likeness (QED) is 0.615. The third-order valence-electron chi connectivity index (χ3n) is 2.15. The zero-order valence-corrected chi connectivity index (χ0v) is 6.16. The van der Waals surface area contributed by atoms with Crippen molar-refractivity contribution in [3.63, 3.8) is 0 Å². The summed E-state index contributed by atoms with van der Waals surface area (Å²) >= 11 is 0. The Bertz CT molecular complexity index is 179. The van der Waals surface area contributed by atoms with E-state index in [2.05, 4.69) is 0 Å². The molecule has 1 aliphatic carbocycles. The predicted octanol–water partition coefficient (Wildman–Crippen LogP) is 2.31. The Morgan fingerprint density at radius 2 is 1.91 bits per heavy atom. The van der Waals surface area contributed by atoms with Crippen LogP contribution in [0.2, 0.25) is 0 Å². The summed E-state index contributed by atoms with van der Waals surface area (Å²) in [6.07, 6.45) is -4.36. The lowest BCUT2D eigenvalue weighted by Crippen LogP contribution is -2.32. The molecule has 0 aromatic carbocycles. The number of ketones is 1. The first kappa shape index (κ1) is 8.56. The molecule has 0 N–H and O–H groups in total. The minimum atomic E-state index is -4.32. The molecule has 0 bridgehead atoms. The normalized spacial score (nSPS) is 21.5. The van der Waals surface area contributed by atoms with E-state index in [1.54, 1.807) is 0 Å². The van der Waals surface area contributed by atoms with Crippen molar-refractivity contribution >= 4 is 5.78 Å². The van der Waals surface area contributed by atoms with Crippen molar-refractivity contribution in [3.8, 4) is 0 Å². The van der Waals surface area contributed by atoms with E-state index in [0.717, 1.165) is 0 Å². The Balaban J connectivity index is 2.76. The summed E-state index contributed by atoms with van der Waals surface area (Å²) in [5.74, 6) is -0.662. The fourth-order valence-corrected chi connectivity index (χ4v) is 1.18. The van der Waals surface area contributed by atoms with E-state index in [9.17, 15) is 18.0 Å². The summed E-state index contributed by atoms with van der Waals surface area (Å²) in [4.78, 5) is 10.8. The lowest BCUT2D eigenvalue weighted by molar-refractivity contribution is -0.190. The van der Waals surface area contributed by atoms with Crippen LogP contribution < -0.4 is 0 Å². The Morgan fingerprint density at radius 1 is 1.45 bits per heavy atom. The van der Waals surface area contributed by atoms with E-state index in [4.69, 9.17) is 0 Å². The smallest absolute Gasteiger partial charge is 0.299 e. The van der Waals surface area contributed by atoms with Crippen molar-refractivity contribution in [3.05, 3.63) is 0 Å². The van der Waals surface area contributed by atoms with Gasteiger partial charge >= 0.3 is 6.18 Å². The number of hydrogen-bond acceptors (Lipinski definition) is 1. The zero-order chi connectivity index (χ0) is 8.70. The van der Waals surface area contributed by atoms with Crippen LogP contribution in [0.3, 0.4) is 0 Å². The molecule has 1 fully saturated rings. The van der Waals surface area contributed by atoms with E-state index < -0.39 is 17.4 Å². The van der Waals surface area contributed by atoms with Gasteiger partial charge in [-0.3, -0.25) is 4.79 Å². The fourth-order valence-electron chi connectivity index (χ4n) is 1.18. The van der Waals surface area contributed by atoms with Crippen LogP contribution in [0.1, 0.15) is 26.2 Å². The molecule has 64 valence electrons. The predicted molar refractivity (Wildman–Crippen MR) is 33.0 cm³/mol. The number of carbonyl (C=O) groups is 1. The third kappa shape index (κ3) is 1.14. The summed E-state index contributed by atoms with van der Waals surface area (Å²) in [7, 11) is 0. The third-order valence-corrected chi connectivity index (χ3v) is 2.15. The molecular formula is C7H9F3O. The van der Waals surface area contributed by atoms with Crippen molar-refractivity contribution in [1.82, 2.24) is 0 Å². The molecule has 0 heterocycles. The van der Waals surface area contributed by atoms with Gasteiger partial charge in [0.1, 0.15) is 11.2 Å². The molecular weight excluding hydrogens is 157 g/mol. The standard InChI is InChI=1S/C7H9F3O/c1-2-5(11)6(3-4-6)7(8,9)10/h2-4H2,1H3. The molecule has 1 rings (SSSR count). The van der Waals surface area contributed by atoms with Crippen LogP contribution in [0.15, 0.2) is 0 Å². The van der Waals surface area contributed by atoms with Gasteiger partial charge in [0.15, 0.2) is 0 Å². The summed E-state index contributed by atoms with van der Waals surface area (Å²) < 4.78 is 36.3. The first-order valence-corrected chi connectivity index (χ1v) is 3.54. The summed E-state index contributed by atoms with van der Waals surface area (Å²) in [5, 5.41) is 0. The Labute approximate surface area is 62.6 Å². The second kappa shape index (κ2) is 2.22. The van der Waals surface area contributed by atoms with E-state index in [1.807, 2.05) is 0 Å². The van der Waals surface area contributed by atoms with Crippen molar-refractivity contribution in [2.45, 2.75) is 32.4 Å². The van der Waals surface area contributed by atoms with E-state index in [1.165, 1.54) is 6.92 Å². The van der Waals surface area contributed by atoms with Crippen LogP contribution in [0.25, 0.3) is 0 Å². The summed E-state index contributed by atoms with van der Waals surface area (Å²) in [6, 6.07) is 0. The monoisotopic (exact) mass is 166 g/mol. The molecule has 0 aromatic rings. The molecule has 1 aliphatic rings. The van der Waals surface area contributed by atoms with Gasteiger partial charge in [-0.15, -0.1) is 0 Å². The van der Waals surface area contributed by atoms with E-state index in [-0.39, 0.29) is 19.3 Å². The lowest BCUT2D eigenvalue weighted by atomic mass is 9.99. The molecule has 0 aromatic heterocycles. The number of carbonyl (C=O) groups excluding carboxylic acids is 1. The molecule has 0 aliphatic heterocycles. The van der Waals surface area contributed by atoms with Gasteiger partial charge in [-0.25, -0.2) is 0 Å². The Morgan fingerprint density at radius 3 is 2.00 bits per heavy atom. The highest BCUT2D eigenvalue weighted by Crippen LogP contribution is 2.58. The minimum absolute atomic E-state index is 0.0107. The topological polar surface area (TPSA) is 17.1 Å². The van der Waals surface area contributed by atoms with Gasteiger partial charge in [0, 0.05) is 6.42 Å². The van der Waals surface area contributed by atoms with Crippen LogP contribution in [-0.2, 0) is 4.79 Å². The highest BCUT2D eigenvalue weighted by Gasteiger charge is 2.67. The molecule has 11 heavy (non-hydrogen) atoms. The average Bonchev–Trinajstić information content (AvgIpc) is 2.63. The minimum Gasteiger partial charge on any atom is -0.299 e. The number of rotatable bonds is 2. The summed E-state index contributed by atoms with van der Waals surface area (Å²) in [6.45, 7) is 1.47. The van der Waals surface area contributed by atoms with Gasteiger partial charge in [0.2, 0.25) is 0 Å². The van der Waals surface area contributed by atoms with Gasteiger partial charge in [-0.05, 0) is 12.8 Å². The Hall–Kier alpha value is -0.540. The van der Waals surface area contributed by atoms with Crippen LogP contribution in [0, 0.1) is 5.41 Å². The van der Waals surface area contributed by atoms with E-state index in [0.29, 0.717) is 0 Å². The number of halogens is 3. The fraction of sp³-hybridized carbons (Fsp3) is 0.857. The number of alkyl halides is 3. The van der Waals surface area contributed by atoms with Gasteiger partial charge in [-0.1, -0.05) is 6.92 Å². The maximum Gasteiger partial charge on any atom is 0.401 e. The first-order valence-electron chi connectivity index (χ1n) is 3.54. The van der Waals surface area contributed by atoms with Crippen molar-refractivity contribution in [2.75, 3.05) is 0 Å². The molecule has 4 heteroatoms. The maximum atomic E-state index is 12.1. The molecule has 0 radical (unpaired) electrons. The molecule has 0 unspecified atom stereocenters. The largest absolute Gasteiger partial charge is 0.401 e. The van der Waals surface area contributed by atoms with Gasteiger partial charge < -0.3 is 0 Å². The van der Waals surface area contributed by atoms with Gasteiger partial charge in [0.25, 0.3) is 0 Å². The van der Waals surface area contributed by atoms with Crippen LogP contribution in [0.4, 0.5) is 13.2 Å². The molecule has 0 spiro atoms. The van der Waals surface area contributed by atoms with Crippen molar-refractivity contribution < 1.29 is 18.0 Å². The second-order valence-electron chi connectivity index (χ2n) is 2.86. The summed E-state index contributed by atoms with van der Waals surface area (Å²) in [5.41, 5.74) is -1.94. The van der Waals surface area contributed by atoms with Crippen LogP contribution in [-0.4, -0.2) is 12.0 Å². The average molecular weight is 166 g/mol. The Kier molecular flexibility index (Phi) is 1.73. The second-order valence-corrected chi connectivity index (χ2v) is 2.86. The number of hydrogen-bond donors (Lipinski definition) is 0.